The Labute approximate surface area is 190 Å². The van der Waals surface area contributed by atoms with Crippen LogP contribution in [0.15, 0.2) is 41.6 Å². The molecule has 3 rings (SSSR count). The van der Waals surface area contributed by atoms with E-state index in [-0.39, 0.29) is 24.1 Å². The average molecular weight is 458 g/mol. The normalized spacial score (nSPS) is 10.7. The van der Waals surface area contributed by atoms with E-state index in [1.807, 2.05) is 32.9 Å². The Hall–Kier alpha value is -2.84. The first kappa shape index (κ1) is 22.8. The van der Waals surface area contributed by atoms with Crippen LogP contribution in [0.25, 0.3) is 0 Å². The maximum atomic E-state index is 12.4. The van der Waals surface area contributed by atoms with Crippen molar-refractivity contribution in [2.45, 2.75) is 32.5 Å². The molecular weight excluding hydrogens is 434 g/mol. The van der Waals surface area contributed by atoms with Crippen molar-refractivity contribution in [2.75, 3.05) is 11.1 Å². The minimum atomic E-state index is -0.286. The molecule has 3 aromatic rings. The Morgan fingerprint density at radius 1 is 1.10 bits per heavy atom. The third-order valence-electron chi connectivity index (χ3n) is 4.72. The van der Waals surface area contributed by atoms with Crippen molar-refractivity contribution in [1.82, 2.24) is 20.1 Å². The molecule has 0 radical (unpaired) electrons. The molecule has 0 fully saturated rings. The molecule has 0 aliphatic carbocycles. The zero-order valence-corrected chi connectivity index (χ0v) is 19.4. The first-order valence-electron chi connectivity index (χ1n) is 9.67. The molecule has 1 aromatic heterocycles. The molecule has 0 unspecified atom stereocenters. The lowest BCUT2D eigenvalue weighted by atomic mass is 10.1. The van der Waals surface area contributed by atoms with Gasteiger partial charge in [0, 0.05) is 12.7 Å². The summed E-state index contributed by atoms with van der Waals surface area (Å²) in [6.45, 7) is 6.19. The number of aromatic nitrogens is 3. The van der Waals surface area contributed by atoms with Crippen molar-refractivity contribution in [2.24, 2.45) is 7.05 Å². The molecule has 0 aliphatic rings. The fourth-order valence-electron chi connectivity index (χ4n) is 3.21. The Morgan fingerprint density at radius 3 is 2.45 bits per heavy atom. The van der Waals surface area contributed by atoms with Crippen molar-refractivity contribution < 1.29 is 9.59 Å². The highest BCUT2D eigenvalue weighted by Gasteiger charge is 2.15. The van der Waals surface area contributed by atoms with Crippen molar-refractivity contribution in [1.29, 1.82) is 0 Å². The Bertz CT molecular complexity index is 1110. The van der Waals surface area contributed by atoms with Crippen molar-refractivity contribution in [3.8, 4) is 0 Å². The van der Waals surface area contributed by atoms with Crippen LogP contribution in [0.5, 0.6) is 0 Å². The van der Waals surface area contributed by atoms with E-state index in [0.717, 1.165) is 22.4 Å². The van der Waals surface area contributed by atoms with Gasteiger partial charge in [0.15, 0.2) is 11.0 Å². The van der Waals surface area contributed by atoms with Crippen LogP contribution in [0, 0.1) is 20.8 Å². The molecule has 2 aromatic carbocycles. The Kier molecular flexibility index (Phi) is 7.35. The van der Waals surface area contributed by atoms with Gasteiger partial charge >= 0.3 is 0 Å². The largest absolute Gasteiger partial charge is 0.345 e. The van der Waals surface area contributed by atoms with Gasteiger partial charge in [0.2, 0.25) is 5.91 Å². The maximum Gasteiger partial charge on any atom is 0.253 e. The number of nitrogens with one attached hydrogen (secondary N) is 2. The van der Waals surface area contributed by atoms with Crippen LogP contribution < -0.4 is 10.6 Å². The molecule has 162 valence electrons. The number of aryl methyl sites for hydroxylation is 3. The average Bonchev–Trinajstić information content (AvgIpc) is 3.07. The van der Waals surface area contributed by atoms with E-state index in [0.29, 0.717) is 21.6 Å². The summed E-state index contributed by atoms with van der Waals surface area (Å²) in [5, 5.41) is 15.0. The van der Waals surface area contributed by atoms with Crippen LogP contribution in [-0.2, 0) is 18.4 Å². The summed E-state index contributed by atoms with van der Waals surface area (Å²) in [6.07, 6.45) is 0. The number of carbonyl (C=O) groups is 2. The van der Waals surface area contributed by atoms with Crippen LogP contribution in [0.2, 0.25) is 5.02 Å². The minimum Gasteiger partial charge on any atom is -0.345 e. The number of nitrogens with zero attached hydrogens (tertiary/aromatic N) is 3. The van der Waals surface area contributed by atoms with Crippen molar-refractivity contribution in [3.63, 3.8) is 0 Å². The highest BCUT2D eigenvalue weighted by Crippen LogP contribution is 2.23. The van der Waals surface area contributed by atoms with Gasteiger partial charge in [0.25, 0.3) is 5.91 Å². The van der Waals surface area contributed by atoms with Gasteiger partial charge in [-0.3, -0.25) is 9.59 Å². The molecule has 7 nitrogen and oxygen atoms in total. The topological polar surface area (TPSA) is 88.9 Å². The van der Waals surface area contributed by atoms with E-state index in [4.69, 9.17) is 11.6 Å². The van der Waals surface area contributed by atoms with Crippen LogP contribution in [0.4, 0.5) is 5.69 Å². The van der Waals surface area contributed by atoms with Crippen molar-refractivity contribution >= 4 is 40.9 Å². The van der Waals surface area contributed by atoms with Gasteiger partial charge in [0.1, 0.15) is 0 Å². The lowest BCUT2D eigenvalue weighted by molar-refractivity contribution is -0.113. The summed E-state index contributed by atoms with van der Waals surface area (Å²) in [5.41, 5.74) is 4.48. The second-order valence-corrected chi connectivity index (χ2v) is 8.58. The molecule has 2 N–H and O–H groups in total. The van der Waals surface area contributed by atoms with Gasteiger partial charge < -0.3 is 15.2 Å². The first-order chi connectivity index (χ1) is 14.8. The van der Waals surface area contributed by atoms with Crippen molar-refractivity contribution in [3.05, 3.63) is 69.5 Å². The number of hydrogen-bond acceptors (Lipinski definition) is 5. The molecule has 31 heavy (non-hydrogen) atoms. The predicted octanol–water partition coefficient (Wildman–Crippen LogP) is 4.05. The molecule has 0 atom stereocenters. The van der Waals surface area contributed by atoms with Gasteiger partial charge in [-0.1, -0.05) is 53.2 Å². The molecule has 9 heteroatoms. The number of halogens is 1. The number of thioether (sulfide) groups is 1. The van der Waals surface area contributed by atoms with Crippen LogP contribution >= 0.6 is 23.4 Å². The van der Waals surface area contributed by atoms with E-state index in [9.17, 15) is 9.59 Å². The summed E-state index contributed by atoms with van der Waals surface area (Å²) >= 11 is 7.34. The number of rotatable bonds is 7. The Balaban J connectivity index is 1.56. The molecule has 0 saturated carbocycles. The van der Waals surface area contributed by atoms with Gasteiger partial charge in [0.05, 0.1) is 22.9 Å². The monoisotopic (exact) mass is 457 g/mol. The third-order valence-corrected chi connectivity index (χ3v) is 6.07. The number of benzene rings is 2. The zero-order valence-electron chi connectivity index (χ0n) is 17.8. The number of hydrogen-bond donors (Lipinski definition) is 2. The standard InChI is InChI=1S/C22H24ClN5O2S/c1-13-9-14(2)20(15(3)10-13)25-19(29)12-31-22-27-26-18(28(22)4)11-24-21(30)16-7-5-6-8-17(16)23/h5-10H,11-12H2,1-4H3,(H,24,30)(H,25,29). The SMILES string of the molecule is Cc1cc(C)c(NC(=O)CSc2nnc(CNC(=O)c3ccccc3Cl)n2C)c(C)c1. The van der Waals surface area contributed by atoms with E-state index < -0.39 is 0 Å². The smallest absolute Gasteiger partial charge is 0.253 e. The Morgan fingerprint density at radius 2 is 1.77 bits per heavy atom. The fraction of sp³-hybridized carbons (Fsp3) is 0.273. The van der Waals surface area contributed by atoms with Crippen LogP contribution in [0.1, 0.15) is 32.9 Å². The molecular formula is C22H24ClN5O2S. The van der Waals surface area contributed by atoms with E-state index in [1.165, 1.54) is 11.8 Å². The van der Waals surface area contributed by atoms with Crippen LogP contribution in [-0.4, -0.2) is 32.3 Å². The van der Waals surface area contributed by atoms with E-state index in [2.05, 4.69) is 20.8 Å². The zero-order chi connectivity index (χ0) is 22.5. The fourth-order valence-corrected chi connectivity index (χ4v) is 4.16. The predicted molar refractivity (Wildman–Crippen MR) is 124 cm³/mol. The first-order valence-corrected chi connectivity index (χ1v) is 11.0. The molecule has 0 bridgehead atoms. The quantitative estimate of drug-likeness (QED) is 0.522. The van der Waals surface area contributed by atoms with E-state index >= 15 is 0 Å². The van der Waals surface area contributed by atoms with Gasteiger partial charge in [-0.2, -0.15) is 0 Å². The summed E-state index contributed by atoms with van der Waals surface area (Å²) in [5.74, 6) is 0.376. The second kappa shape index (κ2) is 9.98. The lowest BCUT2D eigenvalue weighted by Gasteiger charge is -2.12. The highest BCUT2D eigenvalue weighted by molar-refractivity contribution is 7.99. The highest BCUT2D eigenvalue weighted by atomic mass is 35.5. The van der Waals surface area contributed by atoms with Crippen LogP contribution in [0.3, 0.4) is 0 Å². The minimum absolute atomic E-state index is 0.114. The number of carbonyl (C=O) groups excluding carboxylic acids is 2. The molecule has 1 heterocycles. The molecule has 2 amide bonds. The molecule has 0 saturated heterocycles. The number of anilines is 1. The second-order valence-electron chi connectivity index (χ2n) is 7.23. The summed E-state index contributed by atoms with van der Waals surface area (Å²) in [6, 6.07) is 10.9. The number of amides is 2. The van der Waals surface area contributed by atoms with Gasteiger partial charge in [-0.05, 0) is 44.0 Å². The van der Waals surface area contributed by atoms with Gasteiger partial charge in [-0.15, -0.1) is 10.2 Å². The molecule has 0 aliphatic heterocycles. The third kappa shape index (κ3) is 5.65. The lowest BCUT2D eigenvalue weighted by Crippen LogP contribution is -2.24. The summed E-state index contributed by atoms with van der Waals surface area (Å²) < 4.78 is 1.76. The van der Waals surface area contributed by atoms with Gasteiger partial charge in [-0.25, -0.2) is 0 Å². The maximum absolute atomic E-state index is 12.4. The summed E-state index contributed by atoms with van der Waals surface area (Å²) in [7, 11) is 1.80. The molecule has 0 spiro atoms. The summed E-state index contributed by atoms with van der Waals surface area (Å²) in [4.78, 5) is 24.7. The van der Waals surface area contributed by atoms with E-state index in [1.54, 1.807) is 35.9 Å².